The van der Waals surface area contributed by atoms with Crippen LogP contribution in [0.4, 0.5) is 21.9 Å². The summed E-state index contributed by atoms with van der Waals surface area (Å²) in [4.78, 5) is 28.3. The lowest BCUT2D eigenvalue weighted by Gasteiger charge is -2.37. The third-order valence-electron chi connectivity index (χ3n) is 6.13. The van der Waals surface area contributed by atoms with Crippen molar-refractivity contribution in [3.63, 3.8) is 0 Å². The van der Waals surface area contributed by atoms with Gasteiger partial charge in [0.1, 0.15) is 17.2 Å². The van der Waals surface area contributed by atoms with E-state index in [0.717, 1.165) is 31.9 Å². The number of pyridine rings is 1. The number of nitrogens with zero attached hydrogens (tertiary/aromatic N) is 6. The fourth-order valence-corrected chi connectivity index (χ4v) is 4.33. The molecule has 5 heterocycles. The summed E-state index contributed by atoms with van der Waals surface area (Å²) in [6.45, 7) is 9.92. The van der Waals surface area contributed by atoms with Crippen LogP contribution >= 0.6 is 0 Å². The van der Waals surface area contributed by atoms with Crippen LogP contribution in [0.3, 0.4) is 0 Å². The van der Waals surface area contributed by atoms with E-state index in [0.29, 0.717) is 33.6 Å². The lowest BCUT2D eigenvalue weighted by molar-refractivity contribution is -0.00914. The molecule has 0 aromatic carbocycles. The molecule has 3 aromatic rings. The van der Waals surface area contributed by atoms with Gasteiger partial charge in [0.25, 0.3) is 5.91 Å². The van der Waals surface area contributed by atoms with Crippen molar-refractivity contribution in [1.29, 1.82) is 0 Å². The summed E-state index contributed by atoms with van der Waals surface area (Å²) in [6.07, 6.45) is 3.50. The largest absolute Gasteiger partial charge is 0.368 e. The Labute approximate surface area is 185 Å². The van der Waals surface area contributed by atoms with Crippen LogP contribution in [0, 0.1) is 5.41 Å². The maximum absolute atomic E-state index is 14.3. The number of fused-ring (bicyclic) bond motifs is 3. The van der Waals surface area contributed by atoms with Crippen LogP contribution in [0.1, 0.15) is 37.3 Å². The Morgan fingerprint density at radius 2 is 1.94 bits per heavy atom. The number of hydrogen-bond acceptors (Lipinski definition) is 7. The summed E-state index contributed by atoms with van der Waals surface area (Å²) in [7, 11) is 0. The van der Waals surface area contributed by atoms with Crippen LogP contribution < -0.4 is 15.5 Å². The van der Waals surface area contributed by atoms with Crippen LogP contribution in [-0.2, 0) is 0 Å². The lowest BCUT2D eigenvalue weighted by atomic mass is 9.85. The second-order valence-electron chi connectivity index (χ2n) is 9.37. The second-order valence-corrected chi connectivity index (χ2v) is 9.37. The maximum atomic E-state index is 14.3. The van der Waals surface area contributed by atoms with Gasteiger partial charge >= 0.3 is 0 Å². The number of aromatic nitrogens is 4. The van der Waals surface area contributed by atoms with Crippen molar-refractivity contribution in [2.24, 2.45) is 5.41 Å². The van der Waals surface area contributed by atoms with Crippen molar-refractivity contribution in [2.75, 3.05) is 42.9 Å². The molecule has 5 rings (SSSR count). The highest BCUT2D eigenvalue weighted by Crippen LogP contribution is 2.39. The van der Waals surface area contributed by atoms with Gasteiger partial charge in [0.15, 0.2) is 0 Å². The molecular formula is C22H27FN8O. The monoisotopic (exact) mass is 438 g/mol. The molecule has 2 aliphatic heterocycles. The third kappa shape index (κ3) is 3.64. The number of anilines is 3. The Hall–Kier alpha value is -3.27. The number of piperazine rings is 1. The predicted molar refractivity (Wildman–Crippen MR) is 121 cm³/mol. The molecule has 1 unspecified atom stereocenters. The number of carbonyl (C=O) groups is 1. The second kappa shape index (κ2) is 7.70. The van der Waals surface area contributed by atoms with Crippen LogP contribution in [0.15, 0.2) is 30.6 Å². The third-order valence-corrected chi connectivity index (χ3v) is 6.13. The first kappa shape index (κ1) is 20.6. The quantitative estimate of drug-likeness (QED) is 0.608. The van der Waals surface area contributed by atoms with E-state index in [-0.39, 0.29) is 18.0 Å². The summed E-state index contributed by atoms with van der Waals surface area (Å²) in [6, 6.07) is 5.34. The number of carbonyl (C=O) groups excluding carboxylic acids is 1. The van der Waals surface area contributed by atoms with Gasteiger partial charge in [-0.3, -0.25) is 4.79 Å². The number of hydrogen-bond donors (Lipinski definition) is 2. The smallest absolute Gasteiger partial charge is 0.298 e. The minimum atomic E-state index is -0.650. The van der Waals surface area contributed by atoms with Gasteiger partial charge in [-0.25, -0.2) is 9.97 Å². The molecule has 32 heavy (non-hydrogen) atoms. The first-order valence-electron chi connectivity index (χ1n) is 10.9. The fraction of sp³-hybridized carbons (Fsp3) is 0.455. The summed E-state index contributed by atoms with van der Waals surface area (Å²) >= 11 is 0. The highest BCUT2D eigenvalue weighted by molar-refractivity contribution is 5.98. The van der Waals surface area contributed by atoms with Gasteiger partial charge in [0, 0.05) is 37.8 Å². The summed E-state index contributed by atoms with van der Waals surface area (Å²) in [5.74, 6) is 0.360. The molecule has 1 fully saturated rings. The first-order chi connectivity index (χ1) is 15.3. The molecule has 1 amide bonds. The predicted octanol–water partition coefficient (Wildman–Crippen LogP) is 2.91. The normalized spacial score (nSPS) is 19.4. The molecule has 2 aliphatic rings. The standard InChI is InChI=1S/C22H27FN8O/c1-22(2,3)17-13-30(23)20(32)16-10-14-11-26-21(28-19(14)31(16)17)27-18-5-4-15(12-25-18)29-8-6-24-7-9-29/h4-5,10-12,17,24H,6-9,13H2,1-3H3,(H,25,26,27,28). The van der Waals surface area contributed by atoms with E-state index in [2.05, 4.69) is 30.5 Å². The van der Waals surface area contributed by atoms with Crippen molar-refractivity contribution in [1.82, 2.24) is 30.0 Å². The van der Waals surface area contributed by atoms with Gasteiger partial charge in [-0.2, -0.15) is 10.1 Å². The molecule has 2 N–H and O–H groups in total. The average Bonchev–Trinajstić information content (AvgIpc) is 3.16. The first-order valence-corrected chi connectivity index (χ1v) is 10.9. The Bertz CT molecular complexity index is 1150. The van der Waals surface area contributed by atoms with Crippen molar-refractivity contribution in [2.45, 2.75) is 26.8 Å². The van der Waals surface area contributed by atoms with Crippen molar-refractivity contribution >= 4 is 34.4 Å². The van der Waals surface area contributed by atoms with E-state index in [4.69, 9.17) is 0 Å². The Morgan fingerprint density at radius 3 is 2.62 bits per heavy atom. The zero-order valence-corrected chi connectivity index (χ0v) is 18.5. The molecular weight excluding hydrogens is 411 g/mol. The van der Waals surface area contributed by atoms with Gasteiger partial charge in [0.05, 0.1) is 24.5 Å². The van der Waals surface area contributed by atoms with E-state index in [1.54, 1.807) is 12.3 Å². The number of amides is 1. The molecule has 1 saturated heterocycles. The van der Waals surface area contributed by atoms with Crippen LogP contribution in [0.5, 0.6) is 0 Å². The van der Waals surface area contributed by atoms with E-state index in [9.17, 15) is 9.28 Å². The number of halogens is 1. The molecule has 168 valence electrons. The maximum Gasteiger partial charge on any atom is 0.298 e. The van der Waals surface area contributed by atoms with Crippen LogP contribution in [0.25, 0.3) is 11.0 Å². The average molecular weight is 439 g/mol. The molecule has 3 aromatic heterocycles. The summed E-state index contributed by atoms with van der Waals surface area (Å²) < 4.78 is 16.2. The highest BCUT2D eigenvalue weighted by atomic mass is 19.2. The molecule has 10 heteroatoms. The number of rotatable bonds is 3. The fourth-order valence-electron chi connectivity index (χ4n) is 4.33. The minimum absolute atomic E-state index is 0.0130. The molecule has 0 radical (unpaired) electrons. The zero-order valence-electron chi connectivity index (χ0n) is 18.5. The van der Waals surface area contributed by atoms with Crippen LogP contribution in [-0.4, -0.2) is 63.3 Å². The van der Waals surface area contributed by atoms with E-state index in [1.807, 2.05) is 43.7 Å². The van der Waals surface area contributed by atoms with Gasteiger partial charge in [-0.15, -0.1) is 0 Å². The Kier molecular flexibility index (Phi) is 4.96. The molecule has 9 nitrogen and oxygen atoms in total. The van der Waals surface area contributed by atoms with Gasteiger partial charge < -0.3 is 20.1 Å². The van der Waals surface area contributed by atoms with Crippen molar-refractivity contribution in [3.05, 3.63) is 36.3 Å². The summed E-state index contributed by atoms with van der Waals surface area (Å²) in [5, 5.41) is 7.48. The topological polar surface area (TPSA) is 91.2 Å². The van der Waals surface area contributed by atoms with E-state index < -0.39 is 5.91 Å². The van der Waals surface area contributed by atoms with Gasteiger partial charge in [-0.1, -0.05) is 25.3 Å². The molecule has 0 aliphatic carbocycles. The highest BCUT2D eigenvalue weighted by Gasteiger charge is 2.39. The van der Waals surface area contributed by atoms with E-state index >= 15 is 0 Å². The zero-order chi connectivity index (χ0) is 22.5. The van der Waals surface area contributed by atoms with Gasteiger partial charge in [-0.05, 0) is 23.6 Å². The number of nitrogens with one attached hydrogen (secondary N) is 2. The molecule has 0 spiro atoms. The Balaban J connectivity index is 1.45. The van der Waals surface area contributed by atoms with Crippen molar-refractivity contribution < 1.29 is 9.28 Å². The van der Waals surface area contributed by atoms with Crippen molar-refractivity contribution in [3.8, 4) is 0 Å². The summed E-state index contributed by atoms with van der Waals surface area (Å²) in [5.41, 5.74) is 1.71. The van der Waals surface area contributed by atoms with Crippen LogP contribution in [0.2, 0.25) is 0 Å². The molecule has 0 bridgehead atoms. The minimum Gasteiger partial charge on any atom is -0.368 e. The van der Waals surface area contributed by atoms with Gasteiger partial charge in [0.2, 0.25) is 5.95 Å². The SMILES string of the molecule is CC(C)(C)C1CN(F)C(=O)c2cc3cnc(Nc4ccc(N5CCNCC5)cn4)nc3n21. The molecule has 1 atom stereocenters. The lowest BCUT2D eigenvalue weighted by Crippen LogP contribution is -2.43. The van der Waals surface area contributed by atoms with E-state index in [1.165, 1.54) is 0 Å². The molecule has 0 saturated carbocycles. The Morgan fingerprint density at radius 1 is 1.16 bits per heavy atom.